The van der Waals surface area contributed by atoms with Crippen molar-refractivity contribution in [3.63, 3.8) is 0 Å². The van der Waals surface area contributed by atoms with E-state index in [0.29, 0.717) is 22.2 Å². The third-order valence-corrected chi connectivity index (χ3v) is 5.56. The van der Waals surface area contributed by atoms with Crippen molar-refractivity contribution < 1.29 is 8.78 Å². The molecule has 0 radical (unpaired) electrons. The molecule has 4 nitrogen and oxygen atoms in total. The van der Waals surface area contributed by atoms with Gasteiger partial charge in [-0.05, 0) is 57.5 Å². The summed E-state index contributed by atoms with van der Waals surface area (Å²) in [7, 11) is 0. The van der Waals surface area contributed by atoms with Gasteiger partial charge in [-0.15, -0.1) is 0 Å². The molecule has 1 aliphatic rings. The number of nitrogens with one attached hydrogen (secondary N) is 2. The van der Waals surface area contributed by atoms with Crippen molar-refractivity contribution in [3.05, 3.63) is 65.4 Å². The van der Waals surface area contributed by atoms with Gasteiger partial charge in [0.05, 0.1) is 22.4 Å². The summed E-state index contributed by atoms with van der Waals surface area (Å²) in [5.74, 6) is 0.0852. The van der Waals surface area contributed by atoms with Crippen LogP contribution in [0.5, 0.6) is 0 Å². The van der Waals surface area contributed by atoms with E-state index in [2.05, 4.69) is 19.9 Å². The molecular formula is C22H20F2N4. The third-order valence-electron chi connectivity index (χ3n) is 5.56. The molecule has 6 heteroatoms. The van der Waals surface area contributed by atoms with Gasteiger partial charge in [-0.2, -0.15) is 0 Å². The highest BCUT2D eigenvalue weighted by Gasteiger charge is 2.35. The van der Waals surface area contributed by atoms with Crippen LogP contribution in [0.25, 0.3) is 27.7 Å². The van der Waals surface area contributed by atoms with Gasteiger partial charge < -0.3 is 10.3 Å². The van der Waals surface area contributed by atoms with E-state index in [1.165, 1.54) is 18.2 Å². The fourth-order valence-electron chi connectivity index (χ4n) is 4.37. The van der Waals surface area contributed by atoms with Gasteiger partial charge in [0.2, 0.25) is 0 Å². The van der Waals surface area contributed by atoms with E-state index in [0.717, 1.165) is 28.3 Å². The van der Waals surface area contributed by atoms with Gasteiger partial charge in [-0.3, -0.25) is 4.57 Å². The quantitative estimate of drug-likeness (QED) is 0.454. The van der Waals surface area contributed by atoms with E-state index in [9.17, 15) is 4.39 Å². The molecule has 0 unspecified atom stereocenters. The zero-order valence-corrected chi connectivity index (χ0v) is 16.1. The molecule has 3 heterocycles. The first-order valence-electron chi connectivity index (χ1n) is 9.21. The molecule has 2 aromatic heterocycles. The number of benzene rings is 2. The topological polar surface area (TPSA) is 45.6 Å². The Balaban J connectivity index is 1.87. The highest BCUT2D eigenvalue weighted by Crippen LogP contribution is 2.44. The van der Waals surface area contributed by atoms with E-state index < -0.39 is 11.4 Å². The number of H-pyrrole nitrogens is 1. The zero-order valence-electron chi connectivity index (χ0n) is 16.1. The van der Waals surface area contributed by atoms with Crippen molar-refractivity contribution in [1.82, 2.24) is 14.5 Å². The van der Waals surface area contributed by atoms with Crippen molar-refractivity contribution in [3.8, 4) is 16.8 Å². The normalized spacial score (nSPS) is 14.6. The smallest absolute Gasteiger partial charge is 0.138 e. The SMILES string of the molecule is Cc1c(-c2cc(F)cc3cc[nH]c23)c(F)cc2c1-n1c(C)cnc1C(C)(C)N2. The molecule has 0 saturated heterocycles. The maximum atomic E-state index is 15.3. The van der Waals surface area contributed by atoms with Crippen LogP contribution in [0.1, 0.15) is 30.9 Å². The van der Waals surface area contributed by atoms with Crippen molar-refractivity contribution in [2.24, 2.45) is 0 Å². The third kappa shape index (κ3) is 2.17. The van der Waals surface area contributed by atoms with Crippen molar-refractivity contribution in [1.29, 1.82) is 0 Å². The highest BCUT2D eigenvalue weighted by atomic mass is 19.1. The number of anilines is 1. The lowest BCUT2D eigenvalue weighted by Gasteiger charge is -2.36. The maximum Gasteiger partial charge on any atom is 0.138 e. The minimum absolute atomic E-state index is 0.387. The number of aryl methyl sites for hydroxylation is 1. The Bertz CT molecular complexity index is 1260. The van der Waals surface area contributed by atoms with E-state index in [1.54, 1.807) is 12.3 Å². The van der Waals surface area contributed by atoms with Gasteiger partial charge in [0, 0.05) is 34.6 Å². The summed E-state index contributed by atoms with van der Waals surface area (Å²) < 4.78 is 31.7. The molecule has 0 bridgehead atoms. The van der Waals surface area contributed by atoms with Gasteiger partial charge in [0.15, 0.2) is 0 Å². The summed E-state index contributed by atoms with van der Waals surface area (Å²) in [4.78, 5) is 7.69. The molecule has 2 N–H and O–H groups in total. The standard InChI is InChI=1S/C22H20F2N4/c1-11-10-26-21-22(3,4)27-17-9-16(24)18(12(2)20(17)28(11)21)15-8-14(23)7-13-5-6-25-19(13)15/h5-10,25,27H,1-4H3. The minimum Gasteiger partial charge on any atom is -0.371 e. The first-order chi connectivity index (χ1) is 13.3. The van der Waals surface area contributed by atoms with Crippen LogP contribution in [0.4, 0.5) is 14.5 Å². The molecule has 4 aromatic rings. The Morgan fingerprint density at radius 2 is 1.89 bits per heavy atom. The summed E-state index contributed by atoms with van der Waals surface area (Å²) in [6, 6.07) is 6.12. The number of rotatable bonds is 1. The number of aromatic amines is 1. The Morgan fingerprint density at radius 1 is 1.11 bits per heavy atom. The number of imidazole rings is 1. The van der Waals surface area contributed by atoms with Crippen LogP contribution < -0.4 is 5.32 Å². The van der Waals surface area contributed by atoms with Crippen LogP contribution in [0, 0.1) is 25.5 Å². The summed E-state index contributed by atoms with van der Waals surface area (Å²) in [6.45, 7) is 7.89. The molecular weight excluding hydrogens is 358 g/mol. The average molecular weight is 378 g/mol. The molecule has 0 amide bonds. The highest BCUT2D eigenvalue weighted by molar-refractivity contribution is 5.96. The minimum atomic E-state index is -0.437. The molecule has 5 rings (SSSR count). The number of hydrogen-bond donors (Lipinski definition) is 2. The Morgan fingerprint density at radius 3 is 2.68 bits per heavy atom. The number of aromatic nitrogens is 3. The average Bonchev–Trinajstić information content (AvgIpc) is 3.21. The van der Waals surface area contributed by atoms with Gasteiger partial charge in [0.25, 0.3) is 0 Å². The van der Waals surface area contributed by atoms with E-state index >= 15 is 4.39 Å². The Hall–Kier alpha value is -3.15. The second-order valence-corrected chi connectivity index (χ2v) is 7.96. The van der Waals surface area contributed by atoms with Crippen LogP contribution in [-0.2, 0) is 5.54 Å². The fourth-order valence-corrected chi connectivity index (χ4v) is 4.37. The molecule has 0 spiro atoms. The van der Waals surface area contributed by atoms with Crippen molar-refractivity contribution in [2.45, 2.75) is 33.2 Å². The summed E-state index contributed by atoms with van der Waals surface area (Å²) in [6.07, 6.45) is 3.56. The van der Waals surface area contributed by atoms with E-state index in [4.69, 9.17) is 0 Å². The van der Waals surface area contributed by atoms with Gasteiger partial charge in [-0.1, -0.05) is 0 Å². The molecule has 0 atom stereocenters. The van der Waals surface area contributed by atoms with Crippen LogP contribution in [0.15, 0.2) is 36.7 Å². The van der Waals surface area contributed by atoms with Gasteiger partial charge in [0.1, 0.15) is 17.5 Å². The van der Waals surface area contributed by atoms with Crippen molar-refractivity contribution in [2.75, 3.05) is 5.32 Å². The molecule has 0 fully saturated rings. The maximum absolute atomic E-state index is 15.3. The van der Waals surface area contributed by atoms with Crippen LogP contribution in [0.3, 0.4) is 0 Å². The van der Waals surface area contributed by atoms with Crippen LogP contribution in [-0.4, -0.2) is 14.5 Å². The van der Waals surface area contributed by atoms with E-state index in [1.807, 2.05) is 33.9 Å². The monoisotopic (exact) mass is 378 g/mol. The number of hydrogen-bond acceptors (Lipinski definition) is 2. The van der Waals surface area contributed by atoms with E-state index in [-0.39, 0.29) is 5.82 Å². The number of fused-ring (bicyclic) bond motifs is 4. The van der Waals surface area contributed by atoms with Gasteiger partial charge in [-0.25, -0.2) is 13.8 Å². The summed E-state index contributed by atoms with van der Waals surface area (Å²) in [5, 5.41) is 4.12. The first-order valence-corrected chi connectivity index (χ1v) is 9.21. The Labute approximate surface area is 161 Å². The summed E-state index contributed by atoms with van der Waals surface area (Å²) >= 11 is 0. The largest absolute Gasteiger partial charge is 0.371 e. The molecule has 0 saturated carbocycles. The van der Waals surface area contributed by atoms with Crippen molar-refractivity contribution >= 4 is 16.6 Å². The number of nitrogens with zero attached hydrogens (tertiary/aromatic N) is 2. The molecule has 1 aliphatic heterocycles. The zero-order chi connectivity index (χ0) is 19.8. The Kier molecular flexibility index (Phi) is 3.30. The van der Waals surface area contributed by atoms with Crippen LogP contribution in [0.2, 0.25) is 0 Å². The summed E-state index contributed by atoms with van der Waals surface area (Å²) in [5.41, 5.74) is 4.45. The predicted octanol–water partition coefficient (Wildman–Crippen LogP) is 5.58. The lowest BCUT2D eigenvalue weighted by Crippen LogP contribution is -2.36. The fraction of sp³-hybridized carbons (Fsp3) is 0.227. The van der Waals surface area contributed by atoms with Crippen LogP contribution >= 0.6 is 0 Å². The molecule has 28 heavy (non-hydrogen) atoms. The number of halogens is 2. The lowest BCUT2D eigenvalue weighted by atomic mass is 9.92. The lowest BCUT2D eigenvalue weighted by molar-refractivity contribution is 0.534. The molecule has 142 valence electrons. The second kappa shape index (κ2) is 5.44. The van der Waals surface area contributed by atoms with Gasteiger partial charge >= 0.3 is 0 Å². The molecule has 2 aromatic carbocycles. The molecule has 0 aliphatic carbocycles. The second-order valence-electron chi connectivity index (χ2n) is 7.96. The first kappa shape index (κ1) is 17.0. The predicted molar refractivity (Wildman–Crippen MR) is 107 cm³/mol.